The van der Waals surface area contributed by atoms with Crippen LogP contribution in [0, 0.1) is 5.82 Å². The van der Waals surface area contributed by atoms with Gasteiger partial charge in [-0.15, -0.1) is 0 Å². The Kier molecular flexibility index (Phi) is 3.57. The molecule has 0 spiro atoms. The first-order valence-electron chi connectivity index (χ1n) is 5.57. The largest absolute Gasteiger partial charge is 0.419 e. The van der Waals surface area contributed by atoms with E-state index in [9.17, 15) is 17.6 Å². The van der Waals surface area contributed by atoms with E-state index in [4.69, 9.17) is 5.73 Å². The normalized spacial score (nSPS) is 13.3. The minimum Gasteiger partial charge on any atom is -0.320 e. The topological polar surface area (TPSA) is 26.0 Å². The lowest BCUT2D eigenvalue weighted by Gasteiger charge is -2.15. The Labute approximate surface area is 107 Å². The van der Waals surface area contributed by atoms with Crippen molar-refractivity contribution in [2.24, 2.45) is 5.73 Å². The van der Waals surface area contributed by atoms with E-state index >= 15 is 0 Å². The zero-order chi connectivity index (χ0) is 14.0. The summed E-state index contributed by atoms with van der Waals surface area (Å²) < 4.78 is 51.0. The van der Waals surface area contributed by atoms with Crippen LogP contribution in [0.5, 0.6) is 0 Å². The van der Waals surface area contributed by atoms with Crippen LogP contribution in [0.4, 0.5) is 17.6 Å². The van der Waals surface area contributed by atoms with Gasteiger partial charge in [0.05, 0.1) is 11.6 Å². The lowest BCUT2D eigenvalue weighted by molar-refractivity contribution is -0.140. The van der Waals surface area contributed by atoms with E-state index in [2.05, 4.69) is 0 Å². The predicted molar refractivity (Wildman–Crippen MR) is 63.9 cm³/mol. The molecule has 0 heterocycles. The molecule has 2 aromatic rings. The van der Waals surface area contributed by atoms with E-state index in [1.807, 2.05) is 0 Å². The summed E-state index contributed by atoms with van der Waals surface area (Å²) in [6.45, 7) is 0. The molecule has 1 atom stereocenters. The Morgan fingerprint density at radius 1 is 0.895 bits per heavy atom. The highest BCUT2D eigenvalue weighted by Crippen LogP contribution is 2.33. The highest BCUT2D eigenvalue weighted by Gasteiger charge is 2.34. The molecular weight excluding hydrogens is 258 g/mol. The molecule has 2 rings (SSSR count). The van der Waals surface area contributed by atoms with Crippen molar-refractivity contribution in [2.75, 3.05) is 0 Å². The first-order chi connectivity index (χ1) is 8.89. The summed E-state index contributed by atoms with van der Waals surface area (Å²) >= 11 is 0. The Morgan fingerprint density at radius 2 is 1.53 bits per heavy atom. The molecule has 100 valence electrons. The van der Waals surface area contributed by atoms with E-state index in [-0.39, 0.29) is 5.56 Å². The van der Waals surface area contributed by atoms with Crippen molar-refractivity contribution in [3.63, 3.8) is 0 Å². The Balaban J connectivity index is 2.42. The van der Waals surface area contributed by atoms with Crippen molar-refractivity contribution in [2.45, 2.75) is 12.2 Å². The third-order valence-electron chi connectivity index (χ3n) is 2.81. The summed E-state index contributed by atoms with van der Waals surface area (Å²) in [5.74, 6) is -1.29. The first-order valence-corrected chi connectivity index (χ1v) is 5.57. The van der Waals surface area contributed by atoms with Gasteiger partial charge in [-0.25, -0.2) is 4.39 Å². The van der Waals surface area contributed by atoms with Gasteiger partial charge in [0.25, 0.3) is 0 Å². The Hall–Kier alpha value is -1.88. The maximum Gasteiger partial charge on any atom is 0.419 e. The molecule has 5 heteroatoms. The maximum atomic E-state index is 13.2. The van der Waals surface area contributed by atoms with Gasteiger partial charge in [-0.3, -0.25) is 0 Å². The van der Waals surface area contributed by atoms with Crippen LogP contribution in [0.15, 0.2) is 48.5 Å². The van der Waals surface area contributed by atoms with Gasteiger partial charge < -0.3 is 5.73 Å². The molecule has 0 fully saturated rings. The molecule has 1 unspecified atom stereocenters. The van der Waals surface area contributed by atoms with Crippen LogP contribution in [0.2, 0.25) is 0 Å². The third kappa shape index (κ3) is 2.93. The molecule has 2 N–H and O–H groups in total. The standard InChI is InChI=1S/C14H11F4N/c15-12-7-6-10(8-11(12)14(16,17)18)13(19)9-4-2-1-3-5-9/h1-8,13H,19H2. The minimum atomic E-state index is -4.73. The van der Waals surface area contributed by atoms with Gasteiger partial charge in [-0.2, -0.15) is 13.2 Å². The van der Waals surface area contributed by atoms with Crippen LogP contribution in [-0.4, -0.2) is 0 Å². The number of hydrogen-bond donors (Lipinski definition) is 1. The van der Waals surface area contributed by atoms with E-state index in [0.29, 0.717) is 5.56 Å². The van der Waals surface area contributed by atoms with E-state index < -0.39 is 23.6 Å². The lowest BCUT2D eigenvalue weighted by Crippen LogP contribution is -2.15. The second-order valence-electron chi connectivity index (χ2n) is 4.13. The minimum absolute atomic E-state index is 0.222. The van der Waals surface area contributed by atoms with Gasteiger partial charge in [0.2, 0.25) is 0 Å². The number of alkyl halides is 3. The molecule has 19 heavy (non-hydrogen) atoms. The average molecular weight is 269 g/mol. The second-order valence-corrected chi connectivity index (χ2v) is 4.13. The summed E-state index contributed by atoms with van der Waals surface area (Å²) in [6, 6.07) is 10.8. The van der Waals surface area contributed by atoms with Crippen LogP contribution in [0.3, 0.4) is 0 Å². The van der Waals surface area contributed by atoms with Crippen molar-refractivity contribution in [1.82, 2.24) is 0 Å². The third-order valence-corrected chi connectivity index (χ3v) is 2.81. The van der Waals surface area contributed by atoms with Gasteiger partial charge >= 0.3 is 6.18 Å². The fraction of sp³-hybridized carbons (Fsp3) is 0.143. The smallest absolute Gasteiger partial charge is 0.320 e. The van der Waals surface area contributed by atoms with Crippen LogP contribution in [-0.2, 0) is 6.18 Å². The summed E-state index contributed by atoms with van der Waals surface area (Å²) in [7, 11) is 0. The van der Waals surface area contributed by atoms with E-state index in [1.165, 1.54) is 6.07 Å². The first kappa shape index (κ1) is 13.5. The Bertz CT molecular complexity index is 563. The molecule has 0 aliphatic heterocycles. The van der Waals surface area contributed by atoms with E-state index in [0.717, 1.165) is 12.1 Å². The Morgan fingerprint density at radius 3 is 2.11 bits per heavy atom. The molecule has 0 amide bonds. The fourth-order valence-electron chi connectivity index (χ4n) is 1.81. The summed E-state index contributed by atoms with van der Waals surface area (Å²) in [5, 5.41) is 0. The van der Waals surface area contributed by atoms with Crippen LogP contribution >= 0.6 is 0 Å². The maximum absolute atomic E-state index is 13.2. The van der Waals surface area contributed by atoms with Crippen LogP contribution in [0.1, 0.15) is 22.7 Å². The zero-order valence-corrected chi connectivity index (χ0v) is 9.79. The van der Waals surface area contributed by atoms with Crippen molar-refractivity contribution in [3.8, 4) is 0 Å². The van der Waals surface area contributed by atoms with Gasteiger partial charge in [0.1, 0.15) is 5.82 Å². The average Bonchev–Trinajstić information content (AvgIpc) is 2.38. The molecule has 0 radical (unpaired) electrons. The molecule has 0 bridgehead atoms. The quantitative estimate of drug-likeness (QED) is 0.822. The van der Waals surface area contributed by atoms with Crippen LogP contribution in [0.25, 0.3) is 0 Å². The van der Waals surface area contributed by atoms with Crippen molar-refractivity contribution in [1.29, 1.82) is 0 Å². The SMILES string of the molecule is NC(c1ccccc1)c1ccc(F)c(C(F)(F)F)c1. The van der Waals surface area contributed by atoms with Gasteiger partial charge in [-0.05, 0) is 23.3 Å². The summed E-state index contributed by atoms with van der Waals surface area (Å²) in [4.78, 5) is 0. The zero-order valence-electron chi connectivity index (χ0n) is 9.79. The second kappa shape index (κ2) is 5.01. The fourth-order valence-corrected chi connectivity index (χ4v) is 1.81. The van der Waals surface area contributed by atoms with Crippen LogP contribution < -0.4 is 5.73 Å². The molecular formula is C14H11F4N. The molecule has 0 aliphatic carbocycles. The van der Waals surface area contributed by atoms with Gasteiger partial charge in [0, 0.05) is 0 Å². The summed E-state index contributed by atoms with van der Waals surface area (Å²) in [6.07, 6.45) is -4.73. The van der Waals surface area contributed by atoms with E-state index in [1.54, 1.807) is 30.3 Å². The summed E-state index contributed by atoms with van der Waals surface area (Å²) in [5.41, 5.74) is 5.48. The number of hydrogen-bond acceptors (Lipinski definition) is 1. The van der Waals surface area contributed by atoms with Crippen molar-refractivity contribution in [3.05, 3.63) is 71.0 Å². The molecule has 2 aromatic carbocycles. The number of halogens is 4. The monoisotopic (exact) mass is 269 g/mol. The predicted octanol–water partition coefficient (Wildman–Crippen LogP) is 3.89. The van der Waals surface area contributed by atoms with Crippen molar-refractivity contribution < 1.29 is 17.6 Å². The van der Waals surface area contributed by atoms with Gasteiger partial charge in [-0.1, -0.05) is 36.4 Å². The molecule has 0 aliphatic rings. The molecule has 0 saturated heterocycles. The van der Waals surface area contributed by atoms with Gasteiger partial charge in [0.15, 0.2) is 0 Å². The number of benzene rings is 2. The highest BCUT2D eigenvalue weighted by atomic mass is 19.4. The lowest BCUT2D eigenvalue weighted by atomic mass is 9.97. The molecule has 1 nitrogen and oxygen atoms in total. The van der Waals surface area contributed by atoms with Crippen molar-refractivity contribution >= 4 is 0 Å². The molecule has 0 aromatic heterocycles. The number of nitrogens with two attached hydrogens (primary N) is 1. The molecule has 0 saturated carbocycles. The number of rotatable bonds is 2. The highest BCUT2D eigenvalue weighted by molar-refractivity contribution is 5.35.